The Bertz CT molecular complexity index is 698. The molecule has 0 N–H and O–H groups in total. The molecule has 0 saturated carbocycles. The molecule has 2 aromatic carbocycles. The van der Waals surface area contributed by atoms with E-state index in [9.17, 15) is 4.39 Å². The van der Waals surface area contributed by atoms with Crippen molar-refractivity contribution < 1.29 is 24.5 Å². The number of alkyl halides is 1. The van der Waals surface area contributed by atoms with E-state index in [1.807, 2.05) is 54.6 Å². The number of benzene rings is 2. The SMILES string of the molecule is FCc1nc(Cc2[c-]cccc2)cc2ccccc12.[Ir]. The third-order valence-electron chi connectivity index (χ3n) is 3.14. The Hall–Kier alpha value is -1.57. The summed E-state index contributed by atoms with van der Waals surface area (Å²) in [4.78, 5) is 4.42. The fourth-order valence-corrected chi connectivity index (χ4v) is 2.26. The van der Waals surface area contributed by atoms with Crippen LogP contribution in [0.15, 0.2) is 54.6 Å². The van der Waals surface area contributed by atoms with Crippen molar-refractivity contribution in [3.05, 3.63) is 77.6 Å². The third-order valence-corrected chi connectivity index (χ3v) is 3.14. The van der Waals surface area contributed by atoms with E-state index < -0.39 is 6.67 Å². The summed E-state index contributed by atoms with van der Waals surface area (Å²) in [5.41, 5.74) is 2.47. The van der Waals surface area contributed by atoms with Crippen molar-refractivity contribution >= 4 is 10.8 Å². The molecular formula is C17H13FIrN-. The van der Waals surface area contributed by atoms with Gasteiger partial charge in [0.2, 0.25) is 0 Å². The van der Waals surface area contributed by atoms with Crippen LogP contribution >= 0.6 is 0 Å². The van der Waals surface area contributed by atoms with Gasteiger partial charge >= 0.3 is 0 Å². The van der Waals surface area contributed by atoms with Gasteiger partial charge in [0.15, 0.2) is 0 Å². The van der Waals surface area contributed by atoms with Gasteiger partial charge in [0.1, 0.15) is 6.67 Å². The summed E-state index contributed by atoms with van der Waals surface area (Å²) in [7, 11) is 0. The van der Waals surface area contributed by atoms with Crippen molar-refractivity contribution in [3.8, 4) is 0 Å². The smallest absolute Gasteiger partial charge is 0.132 e. The van der Waals surface area contributed by atoms with Crippen molar-refractivity contribution in [2.24, 2.45) is 0 Å². The maximum atomic E-state index is 13.1. The molecule has 1 radical (unpaired) electrons. The van der Waals surface area contributed by atoms with Crippen LogP contribution in [0.4, 0.5) is 4.39 Å². The van der Waals surface area contributed by atoms with Gasteiger partial charge in [-0.05, 0) is 17.9 Å². The third kappa shape index (κ3) is 3.12. The van der Waals surface area contributed by atoms with E-state index in [-0.39, 0.29) is 20.1 Å². The topological polar surface area (TPSA) is 12.9 Å². The summed E-state index contributed by atoms with van der Waals surface area (Å²) in [5, 5.41) is 1.93. The predicted molar refractivity (Wildman–Crippen MR) is 74.6 cm³/mol. The van der Waals surface area contributed by atoms with Crippen LogP contribution in [0.3, 0.4) is 0 Å². The molecule has 0 spiro atoms. The van der Waals surface area contributed by atoms with E-state index in [0.717, 1.165) is 22.0 Å². The van der Waals surface area contributed by atoms with Gasteiger partial charge in [0.05, 0.1) is 5.69 Å². The summed E-state index contributed by atoms with van der Waals surface area (Å²) >= 11 is 0. The summed E-state index contributed by atoms with van der Waals surface area (Å²) in [6.07, 6.45) is 0.679. The Balaban J connectivity index is 0.00000147. The van der Waals surface area contributed by atoms with Gasteiger partial charge in [-0.1, -0.05) is 24.3 Å². The minimum Gasteiger partial charge on any atom is -0.254 e. The Morgan fingerprint density at radius 3 is 2.60 bits per heavy atom. The summed E-state index contributed by atoms with van der Waals surface area (Å²) in [6.45, 7) is -0.535. The largest absolute Gasteiger partial charge is 0.254 e. The number of nitrogens with zero attached hydrogens (tertiary/aromatic N) is 1. The average Bonchev–Trinajstić information content (AvgIpc) is 2.47. The number of fused-ring (bicyclic) bond motifs is 1. The first-order chi connectivity index (χ1) is 9.36. The Kier molecular flexibility index (Phi) is 4.99. The zero-order chi connectivity index (χ0) is 13.1. The number of hydrogen-bond acceptors (Lipinski definition) is 1. The summed E-state index contributed by atoms with van der Waals surface area (Å²) < 4.78 is 13.1. The molecule has 3 rings (SSSR count). The van der Waals surface area contributed by atoms with Gasteiger partial charge in [0, 0.05) is 31.2 Å². The standard InChI is InChI=1S/C17H13FN.Ir/c18-12-17-16-9-5-4-8-14(16)11-15(19-17)10-13-6-2-1-3-7-13;/h1-6,8-9,11H,10,12H2;/q-1;. The monoisotopic (exact) mass is 443 g/mol. The second-order valence-corrected chi connectivity index (χ2v) is 4.48. The Morgan fingerprint density at radius 2 is 1.85 bits per heavy atom. The minimum atomic E-state index is -0.535. The van der Waals surface area contributed by atoms with E-state index >= 15 is 0 Å². The molecule has 0 amide bonds. The van der Waals surface area contributed by atoms with E-state index in [2.05, 4.69) is 11.1 Å². The molecule has 20 heavy (non-hydrogen) atoms. The molecule has 3 aromatic rings. The molecular weight excluding hydrogens is 429 g/mol. The number of rotatable bonds is 3. The molecule has 0 unspecified atom stereocenters. The average molecular weight is 443 g/mol. The molecule has 1 aromatic heterocycles. The van der Waals surface area contributed by atoms with Gasteiger partial charge in [-0.25, -0.2) is 4.39 Å². The van der Waals surface area contributed by atoms with Crippen LogP contribution in [-0.2, 0) is 33.2 Å². The van der Waals surface area contributed by atoms with Crippen LogP contribution in [0, 0.1) is 6.07 Å². The first-order valence-electron chi connectivity index (χ1n) is 6.26. The number of pyridine rings is 1. The minimum absolute atomic E-state index is 0. The van der Waals surface area contributed by atoms with Crippen molar-refractivity contribution in [2.75, 3.05) is 0 Å². The van der Waals surface area contributed by atoms with Crippen LogP contribution in [0.25, 0.3) is 10.8 Å². The van der Waals surface area contributed by atoms with Crippen molar-refractivity contribution in [1.29, 1.82) is 0 Å². The van der Waals surface area contributed by atoms with E-state index in [0.29, 0.717) is 12.1 Å². The maximum Gasteiger partial charge on any atom is 0.132 e. The quantitative estimate of drug-likeness (QED) is 0.557. The van der Waals surface area contributed by atoms with Crippen LogP contribution in [0.2, 0.25) is 0 Å². The molecule has 0 aliphatic heterocycles. The molecule has 0 aliphatic carbocycles. The predicted octanol–water partition coefficient (Wildman–Crippen LogP) is 4.09. The Morgan fingerprint density at radius 1 is 1.05 bits per heavy atom. The second kappa shape index (κ2) is 6.74. The van der Waals surface area contributed by atoms with Gasteiger partial charge in [0.25, 0.3) is 0 Å². The van der Waals surface area contributed by atoms with Crippen molar-refractivity contribution in [2.45, 2.75) is 13.1 Å². The number of halogens is 1. The fourth-order valence-electron chi connectivity index (χ4n) is 2.26. The Labute approximate surface area is 131 Å². The van der Waals surface area contributed by atoms with Crippen molar-refractivity contribution in [1.82, 2.24) is 4.98 Å². The fraction of sp³-hybridized carbons (Fsp3) is 0.118. The first-order valence-corrected chi connectivity index (χ1v) is 6.26. The van der Waals surface area contributed by atoms with Gasteiger partial charge in [-0.3, -0.25) is 4.98 Å². The van der Waals surface area contributed by atoms with Crippen LogP contribution in [-0.4, -0.2) is 4.98 Å². The zero-order valence-electron chi connectivity index (χ0n) is 10.8. The molecule has 0 fully saturated rings. The molecule has 0 atom stereocenters. The van der Waals surface area contributed by atoms with E-state index in [1.165, 1.54) is 0 Å². The number of hydrogen-bond donors (Lipinski definition) is 0. The van der Waals surface area contributed by atoms with E-state index in [1.54, 1.807) is 0 Å². The number of aromatic nitrogens is 1. The molecule has 1 heterocycles. The summed E-state index contributed by atoms with van der Waals surface area (Å²) in [5.74, 6) is 0. The molecule has 103 valence electrons. The molecule has 0 saturated heterocycles. The normalized spacial score (nSPS) is 10.2. The first kappa shape index (κ1) is 14.8. The van der Waals surface area contributed by atoms with Crippen LogP contribution < -0.4 is 0 Å². The van der Waals surface area contributed by atoms with E-state index in [4.69, 9.17) is 0 Å². The van der Waals surface area contributed by atoms with Crippen LogP contribution in [0.5, 0.6) is 0 Å². The molecule has 0 bridgehead atoms. The molecule has 0 aliphatic rings. The summed E-state index contributed by atoms with van der Waals surface area (Å²) in [6, 6.07) is 20.8. The maximum absolute atomic E-state index is 13.1. The van der Waals surface area contributed by atoms with Gasteiger partial charge < -0.3 is 0 Å². The molecule has 3 heteroatoms. The second-order valence-electron chi connectivity index (χ2n) is 4.48. The zero-order valence-corrected chi connectivity index (χ0v) is 13.2. The van der Waals surface area contributed by atoms with Crippen LogP contribution in [0.1, 0.15) is 17.0 Å². The van der Waals surface area contributed by atoms with Crippen molar-refractivity contribution in [3.63, 3.8) is 0 Å². The molecule has 1 nitrogen and oxygen atoms in total. The van der Waals surface area contributed by atoms with Gasteiger partial charge in [-0.15, -0.1) is 0 Å². The van der Waals surface area contributed by atoms with Gasteiger partial charge in [-0.2, -0.15) is 35.9 Å².